The molecule has 0 saturated carbocycles. The average Bonchev–Trinajstić information content (AvgIpc) is 2.70. The van der Waals surface area contributed by atoms with Crippen molar-refractivity contribution in [2.24, 2.45) is 0 Å². The normalized spacial score (nSPS) is 16.2. The molecule has 6 heteroatoms. The fourth-order valence-electron chi connectivity index (χ4n) is 3.20. The first-order valence-corrected chi connectivity index (χ1v) is 9.01. The second-order valence-electron chi connectivity index (χ2n) is 6.23. The van der Waals surface area contributed by atoms with Crippen LogP contribution in [0, 0.1) is 0 Å². The molecule has 1 aliphatic rings. The van der Waals surface area contributed by atoms with Crippen LogP contribution in [0.5, 0.6) is 0 Å². The monoisotopic (exact) mass is 366 g/mol. The number of hydrogen-bond acceptors (Lipinski definition) is 4. The van der Waals surface area contributed by atoms with Gasteiger partial charge in [0.1, 0.15) is 12.5 Å². The van der Waals surface area contributed by atoms with Crippen LogP contribution in [0.1, 0.15) is 41.3 Å². The van der Waals surface area contributed by atoms with Gasteiger partial charge in [0.05, 0.1) is 0 Å². The van der Waals surface area contributed by atoms with Crippen LogP contribution in [0.2, 0.25) is 0 Å². The number of carbonyl (C=O) groups excluding carboxylic acids is 3. The van der Waals surface area contributed by atoms with Gasteiger partial charge in [-0.1, -0.05) is 48.5 Å². The van der Waals surface area contributed by atoms with E-state index in [2.05, 4.69) is 0 Å². The van der Waals surface area contributed by atoms with E-state index in [0.717, 1.165) is 10.6 Å². The third-order valence-electron chi connectivity index (χ3n) is 4.66. The molecule has 0 aromatic heterocycles. The van der Waals surface area contributed by atoms with E-state index < -0.39 is 17.7 Å². The van der Waals surface area contributed by atoms with Gasteiger partial charge in [0.15, 0.2) is 0 Å². The average molecular weight is 366 g/mol. The maximum absolute atomic E-state index is 13.0. The summed E-state index contributed by atoms with van der Waals surface area (Å²) >= 11 is 0. The van der Waals surface area contributed by atoms with Gasteiger partial charge < -0.3 is 4.90 Å². The second-order valence-corrected chi connectivity index (χ2v) is 6.23. The van der Waals surface area contributed by atoms with E-state index in [9.17, 15) is 14.4 Å². The zero-order valence-electron chi connectivity index (χ0n) is 15.4. The van der Waals surface area contributed by atoms with Crippen molar-refractivity contribution in [1.82, 2.24) is 9.96 Å². The van der Waals surface area contributed by atoms with Crippen LogP contribution in [-0.2, 0) is 21.0 Å². The number of carbonyl (C=O) groups is 3. The van der Waals surface area contributed by atoms with Gasteiger partial charge in [-0.3, -0.25) is 19.2 Å². The Morgan fingerprint density at radius 1 is 1.00 bits per heavy atom. The summed E-state index contributed by atoms with van der Waals surface area (Å²) < 4.78 is 0. The number of benzene rings is 2. The maximum atomic E-state index is 13.0. The van der Waals surface area contributed by atoms with E-state index in [4.69, 9.17) is 4.84 Å². The molecule has 140 valence electrons. The van der Waals surface area contributed by atoms with Gasteiger partial charge in [-0.15, -0.1) is 5.06 Å². The quantitative estimate of drug-likeness (QED) is 0.582. The first kappa shape index (κ1) is 18.8. The summed E-state index contributed by atoms with van der Waals surface area (Å²) in [5.74, 6) is -2.59. The highest BCUT2D eigenvalue weighted by Crippen LogP contribution is 2.31. The lowest BCUT2D eigenvalue weighted by molar-refractivity contribution is -0.178. The number of likely N-dealkylation sites (N-methyl/N-ethyl adjacent to an activating group) is 1. The van der Waals surface area contributed by atoms with Crippen molar-refractivity contribution in [2.75, 3.05) is 13.1 Å². The Kier molecular flexibility index (Phi) is 5.66. The lowest BCUT2D eigenvalue weighted by Gasteiger charge is -2.33. The smallest absolute Gasteiger partial charge is 0.285 e. The van der Waals surface area contributed by atoms with Crippen LogP contribution in [0.4, 0.5) is 0 Å². The van der Waals surface area contributed by atoms with E-state index in [0.29, 0.717) is 24.2 Å². The molecule has 1 atom stereocenters. The second kappa shape index (κ2) is 8.14. The molecule has 0 aliphatic carbocycles. The molecule has 0 N–H and O–H groups in total. The topological polar surface area (TPSA) is 66.9 Å². The number of nitrogens with zero attached hydrogens (tertiary/aromatic N) is 2. The zero-order chi connectivity index (χ0) is 19.4. The van der Waals surface area contributed by atoms with Gasteiger partial charge in [-0.25, -0.2) is 0 Å². The summed E-state index contributed by atoms with van der Waals surface area (Å²) in [5, 5.41) is 0.737. The summed E-state index contributed by atoms with van der Waals surface area (Å²) in [6, 6.07) is 16.0. The van der Waals surface area contributed by atoms with Crippen molar-refractivity contribution in [3.8, 4) is 0 Å². The minimum Gasteiger partial charge on any atom is -0.342 e. The minimum absolute atomic E-state index is 0.0622. The predicted molar refractivity (Wildman–Crippen MR) is 99.5 cm³/mol. The van der Waals surface area contributed by atoms with Crippen LogP contribution < -0.4 is 0 Å². The third kappa shape index (κ3) is 3.61. The molecule has 0 fully saturated rings. The lowest BCUT2D eigenvalue weighted by Crippen LogP contribution is -2.50. The van der Waals surface area contributed by atoms with Crippen LogP contribution >= 0.6 is 0 Å². The third-order valence-corrected chi connectivity index (χ3v) is 4.66. The molecule has 0 bridgehead atoms. The molecule has 3 rings (SSSR count). The van der Waals surface area contributed by atoms with E-state index in [-0.39, 0.29) is 12.5 Å². The summed E-state index contributed by atoms with van der Waals surface area (Å²) in [6.45, 7) is 4.75. The minimum atomic E-state index is -1.07. The van der Waals surface area contributed by atoms with Crippen molar-refractivity contribution in [3.63, 3.8) is 0 Å². The van der Waals surface area contributed by atoms with Crippen molar-refractivity contribution in [3.05, 3.63) is 71.3 Å². The summed E-state index contributed by atoms with van der Waals surface area (Å²) in [6.07, 6.45) is 0. The van der Waals surface area contributed by atoms with Gasteiger partial charge in [0.2, 0.25) is 5.91 Å². The molecule has 0 saturated heterocycles. The Hall–Kier alpha value is -2.99. The van der Waals surface area contributed by atoms with Gasteiger partial charge >= 0.3 is 0 Å². The predicted octanol–water partition coefficient (Wildman–Crippen LogP) is 2.75. The number of hydroxylamine groups is 2. The van der Waals surface area contributed by atoms with Crippen molar-refractivity contribution >= 4 is 17.7 Å². The van der Waals surface area contributed by atoms with Gasteiger partial charge in [-0.2, -0.15) is 0 Å². The fraction of sp³-hybridized carbons (Fsp3) is 0.286. The van der Waals surface area contributed by atoms with Crippen molar-refractivity contribution < 1.29 is 19.2 Å². The molecular formula is C21H22N2O4. The molecule has 0 radical (unpaired) electrons. The largest absolute Gasteiger partial charge is 0.342 e. The number of rotatable bonds is 6. The number of amides is 3. The molecule has 2 aromatic carbocycles. The molecule has 27 heavy (non-hydrogen) atoms. The molecular weight excluding hydrogens is 344 g/mol. The number of hydrogen-bond donors (Lipinski definition) is 0. The van der Waals surface area contributed by atoms with Gasteiger partial charge in [0.25, 0.3) is 11.8 Å². The standard InChI is InChI=1S/C21H22N2O4/c1-3-22(4-2)20(25)18-16-12-8-9-13-17(16)19(24)23(21(18)26)27-14-15-10-6-5-7-11-15/h5-13,18H,3-4,14H2,1-2H3. The summed E-state index contributed by atoms with van der Waals surface area (Å²) in [7, 11) is 0. The van der Waals surface area contributed by atoms with E-state index in [1.807, 2.05) is 44.2 Å². The first-order valence-electron chi connectivity index (χ1n) is 9.01. The molecule has 3 amide bonds. The first-order chi connectivity index (χ1) is 13.1. The number of fused-ring (bicyclic) bond motifs is 1. The van der Waals surface area contributed by atoms with Crippen molar-refractivity contribution in [2.45, 2.75) is 26.4 Å². The van der Waals surface area contributed by atoms with Crippen LogP contribution in [0.15, 0.2) is 54.6 Å². The Morgan fingerprint density at radius 3 is 2.30 bits per heavy atom. The Balaban J connectivity index is 1.93. The lowest BCUT2D eigenvalue weighted by atomic mass is 9.88. The Morgan fingerprint density at radius 2 is 1.63 bits per heavy atom. The SMILES string of the molecule is CCN(CC)C(=O)C1C(=O)N(OCc2ccccc2)C(=O)c2ccccc21. The Bertz CT molecular complexity index is 846. The van der Waals surface area contributed by atoms with Gasteiger partial charge in [-0.05, 0) is 31.0 Å². The molecule has 0 spiro atoms. The fourth-order valence-corrected chi connectivity index (χ4v) is 3.20. The Labute approximate surface area is 158 Å². The summed E-state index contributed by atoms with van der Waals surface area (Å²) in [4.78, 5) is 45.9. The number of imide groups is 1. The van der Waals surface area contributed by atoms with E-state index in [1.165, 1.54) is 0 Å². The summed E-state index contributed by atoms with van der Waals surface area (Å²) in [5.41, 5.74) is 1.57. The van der Waals surface area contributed by atoms with Crippen LogP contribution in [0.3, 0.4) is 0 Å². The molecule has 6 nitrogen and oxygen atoms in total. The van der Waals surface area contributed by atoms with Crippen LogP contribution in [0.25, 0.3) is 0 Å². The molecule has 2 aromatic rings. The van der Waals surface area contributed by atoms with Crippen molar-refractivity contribution in [1.29, 1.82) is 0 Å². The highest BCUT2D eigenvalue weighted by atomic mass is 16.7. The van der Waals surface area contributed by atoms with E-state index in [1.54, 1.807) is 29.2 Å². The molecule has 1 aliphatic heterocycles. The van der Waals surface area contributed by atoms with E-state index >= 15 is 0 Å². The highest BCUT2D eigenvalue weighted by molar-refractivity contribution is 6.18. The molecule has 1 unspecified atom stereocenters. The zero-order valence-corrected chi connectivity index (χ0v) is 15.4. The molecule has 1 heterocycles. The van der Waals surface area contributed by atoms with Gasteiger partial charge in [0, 0.05) is 18.7 Å². The maximum Gasteiger partial charge on any atom is 0.285 e. The van der Waals surface area contributed by atoms with Crippen LogP contribution in [-0.4, -0.2) is 40.8 Å². The highest BCUT2D eigenvalue weighted by Gasteiger charge is 2.44.